The number of aldehydes is 1. The van der Waals surface area contributed by atoms with Gasteiger partial charge in [-0.05, 0) is 6.07 Å². The smallest absolute Gasteiger partial charge is 0.297 e. The van der Waals surface area contributed by atoms with Gasteiger partial charge in [0, 0.05) is 10.9 Å². The summed E-state index contributed by atoms with van der Waals surface area (Å²) >= 11 is 0. The van der Waals surface area contributed by atoms with E-state index in [2.05, 4.69) is 4.98 Å². The van der Waals surface area contributed by atoms with Gasteiger partial charge in [0.25, 0.3) is 10.1 Å². The highest BCUT2D eigenvalue weighted by Crippen LogP contribution is 2.25. The minimum absolute atomic E-state index is 0.140. The SMILES string of the molecule is O=Cc1[nH]c2ccccc2c1S(=O)(=O)O. The Labute approximate surface area is 85.5 Å². The van der Waals surface area contributed by atoms with Crippen molar-refractivity contribution in [3.63, 3.8) is 0 Å². The summed E-state index contributed by atoms with van der Waals surface area (Å²) in [5, 5.41) is 0.308. The third-order valence-corrected chi connectivity index (χ3v) is 3.02. The molecule has 0 saturated carbocycles. The predicted molar refractivity (Wildman–Crippen MR) is 53.5 cm³/mol. The highest BCUT2D eigenvalue weighted by molar-refractivity contribution is 7.86. The van der Waals surface area contributed by atoms with E-state index in [1.807, 2.05) is 0 Å². The molecule has 1 aromatic carbocycles. The molecule has 0 aliphatic carbocycles. The van der Waals surface area contributed by atoms with Gasteiger partial charge in [-0.25, -0.2) is 0 Å². The molecule has 6 heteroatoms. The van der Waals surface area contributed by atoms with Crippen LogP contribution >= 0.6 is 0 Å². The number of H-pyrrole nitrogens is 1. The molecular weight excluding hydrogens is 218 g/mol. The van der Waals surface area contributed by atoms with E-state index >= 15 is 0 Å². The van der Waals surface area contributed by atoms with Crippen molar-refractivity contribution in [2.75, 3.05) is 0 Å². The number of para-hydroxylation sites is 1. The summed E-state index contributed by atoms with van der Waals surface area (Å²) in [6.45, 7) is 0. The Hall–Kier alpha value is -1.66. The summed E-state index contributed by atoms with van der Waals surface area (Å²) in [7, 11) is -4.39. The average molecular weight is 225 g/mol. The Morgan fingerprint density at radius 2 is 1.93 bits per heavy atom. The Morgan fingerprint density at radius 3 is 2.53 bits per heavy atom. The second kappa shape index (κ2) is 3.18. The van der Waals surface area contributed by atoms with Gasteiger partial charge in [0.15, 0.2) is 6.29 Å². The van der Waals surface area contributed by atoms with E-state index in [4.69, 9.17) is 4.55 Å². The van der Waals surface area contributed by atoms with E-state index in [1.165, 1.54) is 6.07 Å². The lowest BCUT2D eigenvalue weighted by molar-refractivity contribution is 0.111. The van der Waals surface area contributed by atoms with E-state index in [-0.39, 0.29) is 10.6 Å². The molecule has 2 N–H and O–H groups in total. The summed E-state index contributed by atoms with van der Waals surface area (Å²) in [6.07, 6.45) is 0.364. The predicted octanol–water partition coefficient (Wildman–Crippen LogP) is 1.23. The molecule has 78 valence electrons. The first kappa shape index (κ1) is 9.88. The van der Waals surface area contributed by atoms with Gasteiger partial charge in [0.05, 0.1) is 0 Å². The highest BCUT2D eigenvalue weighted by Gasteiger charge is 2.21. The van der Waals surface area contributed by atoms with Crippen molar-refractivity contribution in [1.29, 1.82) is 0 Å². The van der Waals surface area contributed by atoms with Crippen LogP contribution in [0.1, 0.15) is 10.5 Å². The first-order valence-electron chi connectivity index (χ1n) is 4.07. The van der Waals surface area contributed by atoms with Gasteiger partial charge in [0.2, 0.25) is 0 Å². The minimum atomic E-state index is -4.39. The third-order valence-electron chi connectivity index (χ3n) is 2.06. The number of fused-ring (bicyclic) bond motifs is 1. The highest BCUT2D eigenvalue weighted by atomic mass is 32.2. The van der Waals surface area contributed by atoms with Crippen LogP contribution in [0.5, 0.6) is 0 Å². The van der Waals surface area contributed by atoms with E-state index < -0.39 is 10.1 Å². The maximum absolute atomic E-state index is 11.1. The molecule has 0 bridgehead atoms. The largest absolute Gasteiger partial charge is 0.351 e. The normalized spacial score (nSPS) is 11.8. The number of rotatable bonds is 2. The maximum atomic E-state index is 11.1. The van der Waals surface area contributed by atoms with Crippen LogP contribution in [0.2, 0.25) is 0 Å². The van der Waals surface area contributed by atoms with Gasteiger partial charge in [-0.1, -0.05) is 18.2 Å². The third kappa shape index (κ3) is 1.53. The zero-order valence-electron chi connectivity index (χ0n) is 7.47. The molecule has 0 radical (unpaired) electrons. The van der Waals surface area contributed by atoms with Crippen LogP contribution in [-0.2, 0) is 10.1 Å². The zero-order valence-corrected chi connectivity index (χ0v) is 8.28. The maximum Gasteiger partial charge on any atom is 0.297 e. The van der Waals surface area contributed by atoms with E-state index in [1.54, 1.807) is 18.2 Å². The van der Waals surface area contributed by atoms with Crippen LogP contribution in [0.4, 0.5) is 0 Å². The van der Waals surface area contributed by atoms with E-state index in [0.717, 1.165) is 0 Å². The first-order valence-corrected chi connectivity index (χ1v) is 5.51. The zero-order chi connectivity index (χ0) is 11.1. The quantitative estimate of drug-likeness (QED) is 0.594. The molecule has 0 aliphatic rings. The molecule has 0 aliphatic heterocycles. The van der Waals surface area contributed by atoms with Crippen LogP contribution in [0.15, 0.2) is 29.2 Å². The number of hydrogen-bond acceptors (Lipinski definition) is 3. The standard InChI is InChI=1S/C9H7NO4S/c11-5-8-9(15(12,13)14)6-3-1-2-4-7(6)10-8/h1-5,10H,(H,12,13,14). The van der Waals surface area contributed by atoms with E-state index in [9.17, 15) is 13.2 Å². The molecule has 2 rings (SSSR count). The number of nitrogens with one attached hydrogen (secondary N) is 1. The Bertz CT molecular complexity index is 627. The molecule has 15 heavy (non-hydrogen) atoms. The van der Waals surface area contributed by atoms with Crippen molar-refractivity contribution in [2.45, 2.75) is 4.90 Å². The number of aromatic amines is 1. The van der Waals surface area contributed by atoms with Gasteiger partial charge < -0.3 is 4.98 Å². The molecule has 0 amide bonds. The summed E-state index contributed by atoms with van der Waals surface area (Å²) in [5.74, 6) is 0. The number of hydrogen-bond donors (Lipinski definition) is 2. The molecule has 0 saturated heterocycles. The Morgan fingerprint density at radius 1 is 1.27 bits per heavy atom. The van der Waals surface area contributed by atoms with Crippen molar-refractivity contribution in [3.8, 4) is 0 Å². The lowest BCUT2D eigenvalue weighted by Gasteiger charge is -1.94. The van der Waals surface area contributed by atoms with Gasteiger partial charge in [0.1, 0.15) is 10.6 Å². The molecule has 2 aromatic rings. The van der Waals surface area contributed by atoms with Crippen molar-refractivity contribution in [3.05, 3.63) is 30.0 Å². The van der Waals surface area contributed by atoms with Crippen molar-refractivity contribution in [1.82, 2.24) is 4.98 Å². The topological polar surface area (TPSA) is 87.2 Å². The first-order chi connectivity index (χ1) is 7.04. The molecule has 0 spiro atoms. The molecule has 5 nitrogen and oxygen atoms in total. The molecule has 1 aromatic heterocycles. The van der Waals surface area contributed by atoms with Crippen LogP contribution < -0.4 is 0 Å². The monoisotopic (exact) mass is 225 g/mol. The molecular formula is C9H7NO4S. The summed E-state index contributed by atoms with van der Waals surface area (Å²) in [4.78, 5) is 12.9. The molecule has 0 fully saturated rings. The van der Waals surface area contributed by atoms with Crippen molar-refractivity contribution in [2.24, 2.45) is 0 Å². The molecule has 1 heterocycles. The minimum Gasteiger partial charge on any atom is -0.351 e. The second-order valence-corrected chi connectivity index (χ2v) is 4.36. The lowest BCUT2D eigenvalue weighted by atomic mass is 10.2. The fraction of sp³-hybridized carbons (Fsp3) is 0. The van der Waals surface area contributed by atoms with Gasteiger partial charge in [-0.15, -0.1) is 0 Å². The number of benzene rings is 1. The Balaban J connectivity index is 2.97. The van der Waals surface area contributed by atoms with Crippen LogP contribution in [0, 0.1) is 0 Å². The van der Waals surface area contributed by atoms with Crippen molar-refractivity contribution >= 4 is 27.3 Å². The second-order valence-electron chi connectivity index (χ2n) is 3.01. The van der Waals surface area contributed by atoms with Gasteiger partial charge in [-0.2, -0.15) is 8.42 Å². The number of carbonyl (C=O) groups excluding carboxylic acids is 1. The number of aromatic nitrogens is 1. The summed E-state index contributed by atoms with van der Waals surface area (Å²) in [6, 6.07) is 6.46. The van der Waals surface area contributed by atoms with Crippen molar-refractivity contribution < 1.29 is 17.8 Å². The summed E-state index contributed by atoms with van der Waals surface area (Å²) in [5.41, 5.74) is 0.353. The molecule has 0 atom stereocenters. The van der Waals surface area contributed by atoms with Gasteiger partial charge >= 0.3 is 0 Å². The van der Waals surface area contributed by atoms with Crippen LogP contribution in [-0.4, -0.2) is 24.2 Å². The van der Waals surface area contributed by atoms with E-state index in [0.29, 0.717) is 17.2 Å². The summed E-state index contributed by atoms with van der Waals surface area (Å²) < 4.78 is 31.1. The molecule has 0 unspecified atom stereocenters. The van der Waals surface area contributed by atoms with Crippen LogP contribution in [0.25, 0.3) is 10.9 Å². The lowest BCUT2D eigenvalue weighted by Crippen LogP contribution is -2.00. The number of carbonyl (C=O) groups is 1. The average Bonchev–Trinajstić information content (AvgIpc) is 2.54. The Kier molecular flexibility index (Phi) is 2.09. The van der Waals surface area contributed by atoms with Gasteiger partial charge in [-0.3, -0.25) is 9.35 Å². The van der Waals surface area contributed by atoms with Crippen LogP contribution in [0.3, 0.4) is 0 Å². The fourth-order valence-corrected chi connectivity index (χ4v) is 2.33. The fourth-order valence-electron chi connectivity index (χ4n) is 1.50.